The standard InChI is InChI=1S/C19H16/c1-2-3-4-13-19-17-11-7-5-9-15(17)14-16-10-6-8-12-18(16)19/h2-14H,1H3. The lowest BCUT2D eigenvalue weighted by Gasteiger charge is -2.07. The Hall–Kier alpha value is -2.34. The van der Waals surface area contributed by atoms with Crippen LogP contribution in [0.3, 0.4) is 0 Å². The summed E-state index contributed by atoms with van der Waals surface area (Å²) in [6.45, 7) is 2.03. The molecule has 0 aliphatic carbocycles. The maximum atomic E-state index is 2.26. The molecule has 0 heterocycles. The second-order valence-corrected chi connectivity index (χ2v) is 4.62. The summed E-state index contributed by atoms with van der Waals surface area (Å²) in [5.41, 5.74) is 1.30. The van der Waals surface area contributed by atoms with Crippen LogP contribution in [0.1, 0.15) is 12.5 Å². The topological polar surface area (TPSA) is 0 Å². The molecule has 0 unspecified atom stereocenters. The summed E-state index contributed by atoms with van der Waals surface area (Å²) in [5.74, 6) is 0. The lowest BCUT2D eigenvalue weighted by Crippen LogP contribution is -1.82. The average molecular weight is 244 g/mol. The van der Waals surface area contributed by atoms with Crippen LogP contribution in [-0.4, -0.2) is 0 Å². The molecule has 0 fully saturated rings. The highest BCUT2D eigenvalue weighted by Gasteiger charge is 2.03. The van der Waals surface area contributed by atoms with Crippen LogP contribution in [0.25, 0.3) is 27.6 Å². The number of rotatable bonds is 2. The van der Waals surface area contributed by atoms with Gasteiger partial charge in [-0.15, -0.1) is 0 Å². The Kier molecular flexibility index (Phi) is 3.16. The van der Waals surface area contributed by atoms with Crippen molar-refractivity contribution in [1.29, 1.82) is 0 Å². The van der Waals surface area contributed by atoms with Crippen LogP contribution < -0.4 is 0 Å². The first-order valence-electron chi connectivity index (χ1n) is 6.60. The number of benzene rings is 3. The highest BCUT2D eigenvalue weighted by atomic mass is 14.1. The summed E-state index contributed by atoms with van der Waals surface area (Å²) in [6.07, 6.45) is 8.42. The third-order valence-electron chi connectivity index (χ3n) is 3.38. The average Bonchev–Trinajstić information content (AvgIpc) is 2.46. The maximum Gasteiger partial charge on any atom is -0.00994 e. The fraction of sp³-hybridized carbons (Fsp3) is 0.0526. The highest BCUT2D eigenvalue weighted by Crippen LogP contribution is 2.29. The van der Waals surface area contributed by atoms with Crippen molar-refractivity contribution in [3.8, 4) is 0 Å². The van der Waals surface area contributed by atoms with Gasteiger partial charge in [0.25, 0.3) is 0 Å². The zero-order chi connectivity index (χ0) is 13.1. The fourth-order valence-electron chi connectivity index (χ4n) is 2.49. The minimum absolute atomic E-state index is 1.29. The summed E-state index contributed by atoms with van der Waals surface area (Å²) in [7, 11) is 0. The van der Waals surface area contributed by atoms with Crippen LogP contribution in [-0.2, 0) is 0 Å². The van der Waals surface area contributed by atoms with Gasteiger partial charge >= 0.3 is 0 Å². The molecule has 3 aromatic rings. The van der Waals surface area contributed by atoms with Gasteiger partial charge in [-0.2, -0.15) is 0 Å². The summed E-state index contributed by atoms with van der Waals surface area (Å²) in [6, 6.07) is 19.4. The maximum absolute atomic E-state index is 2.26. The lowest BCUT2D eigenvalue weighted by molar-refractivity contribution is 1.72. The van der Waals surface area contributed by atoms with Gasteiger partial charge < -0.3 is 0 Å². The molecule has 0 amide bonds. The van der Waals surface area contributed by atoms with E-state index in [9.17, 15) is 0 Å². The second kappa shape index (κ2) is 5.11. The largest absolute Gasteiger partial charge is 0.0877 e. The lowest BCUT2D eigenvalue weighted by atomic mass is 9.96. The van der Waals surface area contributed by atoms with E-state index in [1.54, 1.807) is 0 Å². The summed E-state index contributed by atoms with van der Waals surface area (Å²) < 4.78 is 0. The molecule has 0 saturated carbocycles. The molecular weight excluding hydrogens is 228 g/mol. The predicted molar refractivity (Wildman–Crippen MR) is 85.3 cm³/mol. The van der Waals surface area contributed by atoms with Crippen molar-refractivity contribution in [1.82, 2.24) is 0 Å². The quantitative estimate of drug-likeness (QED) is 0.407. The molecule has 3 rings (SSSR count). The second-order valence-electron chi connectivity index (χ2n) is 4.62. The summed E-state index contributed by atoms with van der Waals surface area (Å²) >= 11 is 0. The smallest absolute Gasteiger partial charge is 0.00994 e. The molecule has 0 saturated heterocycles. The molecule has 0 spiro atoms. The van der Waals surface area contributed by atoms with Crippen LogP contribution in [0, 0.1) is 0 Å². The van der Waals surface area contributed by atoms with Crippen LogP contribution in [0.15, 0.2) is 72.8 Å². The van der Waals surface area contributed by atoms with E-state index < -0.39 is 0 Å². The molecule has 0 N–H and O–H groups in total. The van der Waals surface area contributed by atoms with E-state index in [-0.39, 0.29) is 0 Å². The SMILES string of the molecule is CC=CC=Cc1c2ccccc2cc2ccccc12. The molecule has 0 atom stereocenters. The Bertz CT molecular complexity index is 722. The van der Waals surface area contributed by atoms with E-state index in [1.807, 2.05) is 13.0 Å². The van der Waals surface area contributed by atoms with E-state index in [0.717, 1.165) is 0 Å². The number of fused-ring (bicyclic) bond motifs is 2. The number of hydrogen-bond donors (Lipinski definition) is 0. The van der Waals surface area contributed by atoms with Gasteiger partial charge in [-0.3, -0.25) is 0 Å². The van der Waals surface area contributed by atoms with Crippen molar-refractivity contribution in [3.05, 3.63) is 78.4 Å². The molecule has 0 nitrogen and oxygen atoms in total. The van der Waals surface area contributed by atoms with Gasteiger partial charge in [-0.1, -0.05) is 72.8 Å². The normalized spacial score (nSPS) is 12.1. The van der Waals surface area contributed by atoms with Crippen molar-refractivity contribution >= 4 is 27.6 Å². The van der Waals surface area contributed by atoms with Gasteiger partial charge in [0, 0.05) is 0 Å². The van der Waals surface area contributed by atoms with Gasteiger partial charge in [0.05, 0.1) is 0 Å². The van der Waals surface area contributed by atoms with Gasteiger partial charge in [0.15, 0.2) is 0 Å². The Labute approximate surface area is 113 Å². The summed E-state index contributed by atoms with van der Waals surface area (Å²) in [5, 5.41) is 5.20. The van der Waals surface area contributed by atoms with E-state index in [2.05, 4.69) is 72.8 Å². The van der Waals surface area contributed by atoms with E-state index in [1.165, 1.54) is 27.1 Å². The van der Waals surface area contributed by atoms with Gasteiger partial charge in [-0.05, 0) is 40.1 Å². The first-order valence-corrected chi connectivity index (χ1v) is 6.60. The molecular formula is C19H16. The van der Waals surface area contributed by atoms with Crippen LogP contribution >= 0.6 is 0 Å². The fourth-order valence-corrected chi connectivity index (χ4v) is 2.49. The van der Waals surface area contributed by atoms with Crippen LogP contribution in [0.4, 0.5) is 0 Å². The first kappa shape index (κ1) is 11.7. The van der Waals surface area contributed by atoms with Crippen molar-refractivity contribution in [2.75, 3.05) is 0 Å². The molecule has 3 aromatic carbocycles. The van der Waals surface area contributed by atoms with Crippen molar-refractivity contribution in [2.24, 2.45) is 0 Å². The van der Waals surface area contributed by atoms with Gasteiger partial charge in [0.2, 0.25) is 0 Å². The zero-order valence-corrected chi connectivity index (χ0v) is 11.0. The van der Waals surface area contributed by atoms with Gasteiger partial charge in [-0.25, -0.2) is 0 Å². The minimum atomic E-state index is 1.29. The highest BCUT2D eigenvalue weighted by molar-refractivity contribution is 6.06. The molecule has 0 aliphatic rings. The summed E-state index contributed by atoms with van der Waals surface area (Å²) in [4.78, 5) is 0. The first-order chi connectivity index (χ1) is 9.40. The third kappa shape index (κ3) is 2.17. The van der Waals surface area contributed by atoms with Crippen molar-refractivity contribution in [3.63, 3.8) is 0 Å². The predicted octanol–water partition coefficient (Wildman–Crippen LogP) is 5.58. The van der Waals surface area contributed by atoms with E-state index in [0.29, 0.717) is 0 Å². The number of allylic oxidation sites excluding steroid dienone is 3. The molecule has 0 aromatic heterocycles. The molecule has 0 heteroatoms. The van der Waals surface area contributed by atoms with Gasteiger partial charge in [0.1, 0.15) is 0 Å². The van der Waals surface area contributed by atoms with Crippen LogP contribution in [0.2, 0.25) is 0 Å². The molecule has 0 bridgehead atoms. The third-order valence-corrected chi connectivity index (χ3v) is 3.38. The molecule has 19 heavy (non-hydrogen) atoms. The monoisotopic (exact) mass is 244 g/mol. The number of hydrogen-bond acceptors (Lipinski definition) is 0. The zero-order valence-electron chi connectivity index (χ0n) is 11.0. The molecule has 0 radical (unpaired) electrons. The van der Waals surface area contributed by atoms with Crippen molar-refractivity contribution in [2.45, 2.75) is 6.92 Å². The Morgan fingerprint density at radius 1 is 0.737 bits per heavy atom. The van der Waals surface area contributed by atoms with E-state index >= 15 is 0 Å². The molecule has 0 aliphatic heterocycles. The molecule has 92 valence electrons. The Balaban J connectivity index is 2.39. The van der Waals surface area contributed by atoms with Crippen LogP contribution in [0.5, 0.6) is 0 Å². The Morgan fingerprint density at radius 2 is 1.32 bits per heavy atom. The van der Waals surface area contributed by atoms with Crippen molar-refractivity contribution < 1.29 is 0 Å². The Morgan fingerprint density at radius 3 is 1.89 bits per heavy atom. The minimum Gasteiger partial charge on any atom is -0.0877 e. The van der Waals surface area contributed by atoms with E-state index in [4.69, 9.17) is 0 Å².